The molecular formula is C10H17Cl. The minimum absolute atomic E-state index is 1.12. The molecule has 0 aliphatic heterocycles. The average Bonchev–Trinajstić information content (AvgIpc) is 1.97. The molecule has 0 bridgehead atoms. The quantitative estimate of drug-likeness (QED) is 0.439. The van der Waals surface area contributed by atoms with E-state index >= 15 is 0 Å². The minimum atomic E-state index is 1.12. The zero-order valence-corrected chi connectivity index (χ0v) is 8.41. The first-order valence-electron chi connectivity index (χ1n) is 4.06. The van der Waals surface area contributed by atoms with E-state index in [1.165, 1.54) is 24.0 Å². The third-order valence-corrected chi connectivity index (χ3v) is 1.89. The number of hydrogen-bond donors (Lipinski definition) is 0. The van der Waals surface area contributed by atoms with Gasteiger partial charge in [-0.25, -0.2) is 0 Å². The molecule has 0 aliphatic rings. The Kier molecular flexibility index (Phi) is 6.34. The highest BCUT2D eigenvalue weighted by molar-refractivity contribution is 6.25. The molecule has 1 heteroatoms. The van der Waals surface area contributed by atoms with E-state index in [-0.39, 0.29) is 0 Å². The first-order chi connectivity index (χ1) is 5.16. The van der Waals surface area contributed by atoms with Gasteiger partial charge < -0.3 is 0 Å². The van der Waals surface area contributed by atoms with Gasteiger partial charge in [0.25, 0.3) is 0 Å². The van der Waals surface area contributed by atoms with Crippen molar-refractivity contribution in [2.75, 3.05) is 0 Å². The molecule has 0 aromatic rings. The molecule has 0 amide bonds. The first kappa shape index (κ1) is 10.8. The van der Waals surface area contributed by atoms with Gasteiger partial charge >= 0.3 is 0 Å². The van der Waals surface area contributed by atoms with Gasteiger partial charge in [0.1, 0.15) is 0 Å². The Bertz CT molecular complexity index is 150. The summed E-state index contributed by atoms with van der Waals surface area (Å²) in [6, 6.07) is 0. The van der Waals surface area contributed by atoms with Crippen molar-refractivity contribution >= 4 is 11.6 Å². The van der Waals surface area contributed by atoms with Gasteiger partial charge in [-0.1, -0.05) is 28.8 Å². The Hall–Kier alpha value is -0.230. The van der Waals surface area contributed by atoms with Crippen LogP contribution in [0.1, 0.15) is 40.0 Å². The van der Waals surface area contributed by atoms with Gasteiger partial charge in [0.05, 0.1) is 0 Å². The summed E-state index contributed by atoms with van der Waals surface area (Å²) in [6.07, 6.45) is 5.76. The maximum atomic E-state index is 5.52. The molecule has 0 rings (SSSR count). The summed E-state index contributed by atoms with van der Waals surface area (Å²) < 4.78 is 0. The van der Waals surface area contributed by atoms with Gasteiger partial charge in [0, 0.05) is 5.54 Å². The molecule has 64 valence electrons. The average molecular weight is 173 g/mol. The van der Waals surface area contributed by atoms with Gasteiger partial charge in [-0.15, -0.1) is 0 Å². The van der Waals surface area contributed by atoms with E-state index in [9.17, 15) is 0 Å². The lowest BCUT2D eigenvalue weighted by atomic mass is 10.1. The summed E-state index contributed by atoms with van der Waals surface area (Å²) in [4.78, 5) is 0. The highest BCUT2D eigenvalue weighted by atomic mass is 35.5. The highest BCUT2D eigenvalue weighted by Gasteiger charge is 1.87. The summed E-state index contributed by atoms with van der Waals surface area (Å²) >= 11 is 5.52. The predicted octanol–water partition coefficient (Wildman–Crippen LogP) is 4.27. The second kappa shape index (κ2) is 6.48. The first-order valence-corrected chi connectivity index (χ1v) is 4.49. The van der Waals surface area contributed by atoms with E-state index in [0.717, 1.165) is 6.42 Å². The molecular weight excluding hydrogens is 156 g/mol. The SMILES string of the molecule is CC(C)=CCCCC(C)=CCl. The fourth-order valence-corrected chi connectivity index (χ4v) is 0.935. The normalized spacial score (nSPS) is 11.5. The number of allylic oxidation sites excluding steroid dienone is 3. The van der Waals surface area contributed by atoms with Crippen LogP contribution in [-0.4, -0.2) is 0 Å². The van der Waals surface area contributed by atoms with E-state index in [2.05, 4.69) is 26.8 Å². The molecule has 0 unspecified atom stereocenters. The van der Waals surface area contributed by atoms with Crippen LogP contribution in [0.15, 0.2) is 22.8 Å². The van der Waals surface area contributed by atoms with Crippen molar-refractivity contribution < 1.29 is 0 Å². The zero-order valence-electron chi connectivity index (χ0n) is 7.65. The molecule has 0 fully saturated rings. The highest BCUT2D eigenvalue weighted by Crippen LogP contribution is 2.08. The van der Waals surface area contributed by atoms with Crippen LogP contribution in [0.25, 0.3) is 0 Å². The minimum Gasteiger partial charge on any atom is -0.0930 e. The van der Waals surface area contributed by atoms with Crippen molar-refractivity contribution in [1.82, 2.24) is 0 Å². The van der Waals surface area contributed by atoms with Crippen molar-refractivity contribution in [2.24, 2.45) is 0 Å². The fourth-order valence-electron chi connectivity index (χ4n) is 0.826. The molecule has 0 aliphatic carbocycles. The maximum Gasteiger partial charge on any atom is 0.00316 e. The standard InChI is InChI=1S/C10H17Cl/c1-9(2)6-4-5-7-10(3)8-11/h6,8H,4-5,7H2,1-3H3. The second-order valence-corrected chi connectivity index (χ2v) is 3.35. The lowest BCUT2D eigenvalue weighted by molar-refractivity contribution is 0.829. The number of unbranched alkanes of at least 4 members (excludes halogenated alkanes) is 1. The van der Waals surface area contributed by atoms with Crippen molar-refractivity contribution in [3.63, 3.8) is 0 Å². The van der Waals surface area contributed by atoms with Crippen LogP contribution in [0.5, 0.6) is 0 Å². The van der Waals surface area contributed by atoms with Gasteiger partial charge in [-0.2, -0.15) is 0 Å². The third-order valence-electron chi connectivity index (χ3n) is 1.51. The lowest BCUT2D eigenvalue weighted by Crippen LogP contribution is -1.76. The van der Waals surface area contributed by atoms with Gasteiger partial charge in [0.15, 0.2) is 0 Å². The smallest absolute Gasteiger partial charge is 0.00316 e. The fraction of sp³-hybridized carbons (Fsp3) is 0.600. The number of rotatable bonds is 4. The van der Waals surface area contributed by atoms with Crippen LogP contribution >= 0.6 is 11.6 Å². The van der Waals surface area contributed by atoms with Crippen molar-refractivity contribution in [3.05, 3.63) is 22.8 Å². The van der Waals surface area contributed by atoms with Crippen LogP contribution in [0.3, 0.4) is 0 Å². The largest absolute Gasteiger partial charge is 0.0930 e. The molecule has 0 heterocycles. The van der Waals surface area contributed by atoms with Crippen LogP contribution < -0.4 is 0 Å². The molecule has 0 saturated carbocycles. The molecule has 11 heavy (non-hydrogen) atoms. The summed E-state index contributed by atoms with van der Waals surface area (Å²) in [7, 11) is 0. The zero-order chi connectivity index (χ0) is 8.69. The summed E-state index contributed by atoms with van der Waals surface area (Å²) in [5.74, 6) is 0. The Morgan fingerprint density at radius 3 is 2.36 bits per heavy atom. The van der Waals surface area contributed by atoms with Crippen LogP contribution in [0.2, 0.25) is 0 Å². The molecule has 0 aromatic heterocycles. The monoisotopic (exact) mass is 172 g/mol. The van der Waals surface area contributed by atoms with Gasteiger partial charge in [-0.3, -0.25) is 0 Å². The molecule has 0 aromatic carbocycles. The van der Waals surface area contributed by atoms with Crippen LogP contribution in [-0.2, 0) is 0 Å². The summed E-state index contributed by atoms with van der Waals surface area (Å²) in [5.41, 5.74) is 4.34. The Morgan fingerprint density at radius 2 is 1.91 bits per heavy atom. The van der Waals surface area contributed by atoms with Gasteiger partial charge in [0.2, 0.25) is 0 Å². The molecule has 0 radical (unpaired) electrons. The maximum absolute atomic E-state index is 5.52. The molecule has 0 atom stereocenters. The van der Waals surface area contributed by atoms with E-state index in [1.54, 1.807) is 5.54 Å². The Labute approximate surface area is 74.9 Å². The Balaban J connectivity index is 3.36. The van der Waals surface area contributed by atoms with E-state index < -0.39 is 0 Å². The van der Waals surface area contributed by atoms with Crippen LogP contribution in [0, 0.1) is 0 Å². The third kappa shape index (κ3) is 7.67. The number of halogens is 1. The summed E-state index contributed by atoms with van der Waals surface area (Å²) in [5, 5.41) is 0. The number of hydrogen-bond acceptors (Lipinski definition) is 0. The van der Waals surface area contributed by atoms with E-state index in [0.29, 0.717) is 0 Å². The summed E-state index contributed by atoms with van der Waals surface area (Å²) in [6.45, 7) is 6.32. The van der Waals surface area contributed by atoms with Crippen molar-refractivity contribution in [2.45, 2.75) is 40.0 Å². The molecule has 0 N–H and O–H groups in total. The van der Waals surface area contributed by atoms with Gasteiger partial charge in [-0.05, 0) is 40.0 Å². The molecule has 0 nitrogen and oxygen atoms in total. The predicted molar refractivity (Wildman–Crippen MR) is 52.9 cm³/mol. The Morgan fingerprint density at radius 1 is 1.27 bits per heavy atom. The molecule has 0 saturated heterocycles. The van der Waals surface area contributed by atoms with Crippen molar-refractivity contribution in [3.8, 4) is 0 Å². The topological polar surface area (TPSA) is 0 Å². The van der Waals surface area contributed by atoms with E-state index in [4.69, 9.17) is 11.6 Å². The van der Waals surface area contributed by atoms with E-state index in [1.807, 2.05) is 0 Å². The van der Waals surface area contributed by atoms with Crippen LogP contribution in [0.4, 0.5) is 0 Å². The lowest BCUT2D eigenvalue weighted by Gasteiger charge is -1.96. The van der Waals surface area contributed by atoms with Crippen molar-refractivity contribution in [1.29, 1.82) is 0 Å². The molecule has 0 spiro atoms. The second-order valence-electron chi connectivity index (χ2n) is 3.13.